The van der Waals surface area contributed by atoms with Crippen LogP contribution in [0.25, 0.3) is 0 Å². The van der Waals surface area contributed by atoms with Crippen molar-refractivity contribution in [1.29, 1.82) is 0 Å². The molecule has 1 unspecified atom stereocenters. The lowest BCUT2D eigenvalue weighted by molar-refractivity contribution is 0.118. The van der Waals surface area contributed by atoms with Crippen LogP contribution in [0.3, 0.4) is 0 Å². The molecule has 90 valence electrons. The molecule has 1 nitrogen and oxygen atoms in total. The molecule has 0 aromatic heterocycles. The third-order valence-corrected chi connectivity index (χ3v) is 4.56. The fourth-order valence-electron chi connectivity index (χ4n) is 2.33. The van der Waals surface area contributed by atoms with Gasteiger partial charge in [0.05, 0.1) is 0 Å². The van der Waals surface area contributed by atoms with Gasteiger partial charge in [-0.2, -0.15) is 0 Å². The van der Waals surface area contributed by atoms with Crippen LogP contribution < -0.4 is 0 Å². The maximum absolute atomic E-state index is 3.64. The highest BCUT2D eigenvalue weighted by atomic mass is 79.9. The number of alkyl halides is 1. The number of piperidine rings is 1. The molecule has 0 aromatic carbocycles. The van der Waals surface area contributed by atoms with Crippen molar-refractivity contribution in [3.63, 3.8) is 0 Å². The fourth-order valence-corrected chi connectivity index (χ4v) is 2.86. The lowest BCUT2D eigenvalue weighted by atomic mass is 9.82. The molecule has 1 saturated heterocycles. The van der Waals surface area contributed by atoms with Crippen LogP contribution in [0.15, 0.2) is 0 Å². The average molecular weight is 276 g/mol. The van der Waals surface area contributed by atoms with Crippen LogP contribution in [-0.2, 0) is 0 Å². The SMILES string of the molecule is CCCC(CBr)CN1CCC(C)(C)CC1. The van der Waals surface area contributed by atoms with Gasteiger partial charge >= 0.3 is 0 Å². The minimum absolute atomic E-state index is 0.588. The zero-order valence-corrected chi connectivity index (χ0v) is 12.1. The molecule has 0 aliphatic carbocycles. The summed E-state index contributed by atoms with van der Waals surface area (Å²) in [6.45, 7) is 11.0. The molecule has 0 saturated carbocycles. The molecular weight excluding hydrogens is 250 g/mol. The summed E-state index contributed by atoms with van der Waals surface area (Å²) in [5, 5.41) is 1.17. The van der Waals surface area contributed by atoms with Crippen molar-refractivity contribution in [2.45, 2.75) is 46.5 Å². The van der Waals surface area contributed by atoms with Gasteiger partial charge in [0, 0.05) is 11.9 Å². The van der Waals surface area contributed by atoms with E-state index in [1.807, 2.05) is 0 Å². The van der Waals surface area contributed by atoms with Gasteiger partial charge in [-0.25, -0.2) is 0 Å². The van der Waals surface area contributed by atoms with Gasteiger partial charge in [0.15, 0.2) is 0 Å². The van der Waals surface area contributed by atoms with Crippen LogP contribution in [0.1, 0.15) is 46.5 Å². The smallest absolute Gasteiger partial charge is 0.00718 e. The quantitative estimate of drug-likeness (QED) is 0.688. The molecule has 1 aliphatic heterocycles. The van der Waals surface area contributed by atoms with Crippen LogP contribution in [0, 0.1) is 11.3 Å². The van der Waals surface area contributed by atoms with E-state index < -0.39 is 0 Å². The van der Waals surface area contributed by atoms with Gasteiger partial charge in [0.1, 0.15) is 0 Å². The van der Waals surface area contributed by atoms with Crippen LogP contribution in [-0.4, -0.2) is 29.9 Å². The predicted molar refractivity (Wildman–Crippen MR) is 71.6 cm³/mol. The van der Waals surface area contributed by atoms with Gasteiger partial charge < -0.3 is 4.90 Å². The first-order valence-corrected chi connectivity index (χ1v) is 7.48. The largest absolute Gasteiger partial charge is 0.303 e. The summed E-state index contributed by atoms with van der Waals surface area (Å²) < 4.78 is 0. The predicted octanol–water partition coefficient (Wildman–Crippen LogP) is 3.92. The highest BCUT2D eigenvalue weighted by Gasteiger charge is 2.26. The molecule has 0 aromatic rings. The van der Waals surface area contributed by atoms with E-state index in [1.165, 1.54) is 50.6 Å². The summed E-state index contributed by atoms with van der Waals surface area (Å²) >= 11 is 3.64. The second kappa shape index (κ2) is 6.24. The van der Waals surface area contributed by atoms with Crippen LogP contribution >= 0.6 is 15.9 Å². The van der Waals surface area contributed by atoms with Gasteiger partial charge in [-0.15, -0.1) is 0 Å². The minimum atomic E-state index is 0.588. The number of hydrogen-bond acceptors (Lipinski definition) is 1. The Hall–Kier alpha value is 0.440. The highest BCUT2D eigenvalue weighted by Crippen LogP contribution is 2.30. The second-order valence-electron chi connectivity index (χ2n) is 5.77. The number of hydrogen-bond donors (Lipinski definition) is 0. The van der Waals surface area contributed by atoms with E-state index in [2.05, 4.69) is 41.6 Å². The van der Waals surface area contributed by atoms with Crippen LogP contribution in [0.4, 0.5) is 0 Å². The Morgan fingerprint density at radius 2 is 1.87 bits per heavy atom. The van der Waals surface area contributed by atoms with E-state index in [0.29, 0.717) is 5.41 Å². The van der Waals surface area contributed by atoms with Gasteiger partial charge in [-0.3, -0.25) is 0 Å². The van der Waals surface area contributed by atoms with Crippen molar-refractivity contribution in [3.05, 3.63) is 0 Å². The molecule has 0 bridgehead atoms. The molecule has 15 heavy (non-hydrogen) atoms. The first-order chi connectivity index (χ1) is 7.07. The molecule has 0 radical (unpaired) electrons. The molecule has 1 rings (SSSR count). The van der Waals surface area contributed by atoms with Crippen molar-refractivity contribution >= 4 is 15.9 Å². The Labute approximate surface area is 104 Å². The van der Waals surface area contributed by atoms with Gasteiger partial charge in [-0.1, -0.05) is 43.1 Å². The lowest BCUT2D eigenvalue weighted by Crippen LogP contribution is -2.40. The molecule has 1 aliphatic rings. The van der Waals surface area contributed by atoms with Crippen LogP contribution in [0.5, 0.6) is 0 Å². The van der Waals surface area contributed by atoms with E-state index in [4.69, 9.17) is 0 Å². The van der Waals surface area contributed by atoms with Gasteiger partial charge in [-0.05, 0) is 43.7 Å². The zero-order chi connectivity index (χ0) is 11.3. The Kier molecular flexibility index (Phi) is 5.62. The molecule has 1 fully saturated rings. The standard InChI is InChI=1S/C13H26BrN/c1-4-5-12(10-14)11-15-8-6-13(2,3)7-9-15/h12H,4-11H2,1-3H3. The van der Waals surface area contributed by atoms with Crippen molar-refractivity contribution in [2.75, 3.05) is 25.0 Å². The van der Waals surface area contributed by atoms with Crippen molar-refractivity contribution in [1.82, 2.24) is 4.90 Å². The maximum Gasteiger partial charge on any atom is 0.00718 e. The summed E-state index contributed by atoms with van der Waals surface area (Å²) in [5.74, 6) is 0.858. The number of nitrogens with zero attached hydrogens (tertiary/aromatic N) is 1. The Morgan fingerprint density at radius 1 is 1.27 bits per heavy atom. The normalized spacial score (nSPS) is 24.0. The molecule has 1 heterocycles. The Morgan fingerprint density at radius 3 is 2.33 bits per heavy atom. The van der Waals surface area contributed by atoms with Crippen LogP contribution in [0.2, 0.25) is 0 Å². The summed E-state index contributed by atoms with van der Waals surface area (Å²) in [5.41, 5.74) is 0.588. The summed E-state index contributed by atoms with van der Waals surface area (Å²) in [7, 11) is 0. The maximum atomic E-state index is 3.64. The third-order valence-electron chi connectivity index (χ3n) is 3.64. The first kappa shape index (κ1) is 13.5. The molecule has 0 spiro atoms. The molecular formula is C13H26BrN. The monoisotopic (exact) mass is 275 g/mol. The van der Waals surface area contributed by atoms with Crippen molar-refractivity contribution in [3.8, 4) is 0 Å². The summed E-state index contributed by atoms with van der Waals surface area (Å²) in [6.07, 6.45) is 5.42. The lowest BCUT2D eigenvalue weighted by Gasteiger charge is -2.38. The number of halogens is 1. The van der Waals surface area contributed by atoms with Crippen molar-refractivity contribution in [2.24, 2.45) is 11.3 Å². The zero-order valence-electron chi connectivity index (χ0n) is 10.6. The second-order valence-corrected chi connectivity index (χ2v) is 6.42. The molecule has 0 amide bonds. The molecule has 2 heteroatoms. The topological polar surface area (TPSA) is 3.24 Å². The van der Waals surface area contributed by atoms with Crippen molar-refractivity contribution < 1.29 is 0 Å². The van der Waals surface area contributed by atoms with E-state index in [1.54, 1.807) is 0 Å². The Bertz CT molecular complexity index is 169. The first-order valence-electron chi connectivity index (χ1n) is 6.35. The molecule has 0 N–H and O–H groups in total. The van der Waals surface area contributed by atoms with E-state index in [0.717, 1.165) is 5.92 Å². The fraction of sp³-hybridized carbons (Fsp3) is 1.00. The summed E-state index contributed by atoms with van der Waals surface area (Å²) in [6, 6.07) is 0. The van der Waals surface area contributed by atoms with E-state index in [9.17, 15) is 0 Å². The summed E-state index contributed by atoms with van der Waals surface area (Å²) in [4.78, 5) is 2.66. The average Bonchev–Trinajstić information content (AvgIpc) is 2.20. The van der Waals surface area contributed by atoms with E-state index in [-0.39, 0.29) is 0 Å². The Balaban J connectivity index is 2.28. The van der Waals surface area contributed by atoms with Gasteiger partial charge in [0.2, 0.25) is 0 Å². The highest BCUT2D eigenvalue weighted by molar-refractivity contribution is 9.09. The third kappa shape index (κ3) is 4.86. The van der Waals surface area contributed by atoms with E-state index >= 15 is 0 Å². The molecule has 1 atom stereocenters. The minimum Gasteiger partial charge on any atom is -0.303 e. The number of rotatable bonds is 5. The number of likely N-dealkylation sites (tertiary alicyclic amines) is 1. The van der Waals surface area contributed by atoms with Gasteiger partial charge in [0.25, 0.3) is 0 Å².